The topological polar surface area (TPSA) is 100 Å². The van der Waals surface area contributed by atoms with Gasteiger partial charge in [-0.2, -0.15) is 0 Å². The monoisotopic (exact) mass is 480 g/mol. The largest absolute Gasteiger partial charge is 0.502 e. The van der Waals surface area contributed by atoms with Crippen LogP contribution in [0.5, 0.6) is 11.5 Å². The minimum absolute atomic E-state index is 0.208. The third-order valence-electron chi connectivity index (χ3n) is 6.06. The number of rotatable bonds is 2. The van der Waals surface area contributed by atoms with E-state index in [1.54, 1.807) is 48.5 Å². The second-order valence-electron chi connectivity index (χ2n) is 8.39. The zero-order valence-corrected chi connectivity index (χ0v) is 19.2. The minimum atomic E-state index is -0.956. The molecule has 0 saturated carbocycles. The van der Waals surface area contributed by atoms with E-state index in [-0.39, 0.29) is 11.5 Å². The van der Waals surface area contributed by atoms with E-state index in [0.29, 0.717) is 27.8 Å². The number of para-hydroxylation sites is 2. The Balaban J connectivity index is 0.000000148. The van der Waals surface area contributed by atoms with Gasteiger partial charge in [0, 0.05) is 11.1 Å². The van der Waals surface area contributed by atoms with Crippen LogP contribution in [-0.2, 0) is 0 Å². The molecule has 0 aliphatic carbocycles. The first-order chi connectivity index (χ1) is 17.5. The highest BCUT2D eigenvalue weighted by Gasteiger charge is 2.36. The molecule has 3 N–H and O–H groups in total. The van der Waals surface area contributed by atoms with Gasteiger partial charge < -0.3 is 24.5 Å². The van der Waals surface area contributed by atoms with E-state index in [1.165, 1.54) is 0 Å². The number of fused-ring (bicyclic) bond motifs is 2. The van der Waals surface area contributed by atoms with Gasteiger partial charge in [0.2, 0.25) is 11.2 Å². The lowest BCUT2D eigenvalue weighted by atomic mass is 9.92. The van der Waals surface area contributed by atoms with Crippen molar-refractivity contribution >= 4 is 11.0 Å². The summed E-state index contributed by atoms with van der Waals surface area (Å²) in [4.78, 5) is 12.0. The number of hydrogen-bond donors (Lipinski definition) is 3. The standard InChI is InChI=1S/C15H14O3.C15H10O3/c2*16-13-11-8-4-5-9-12(11)18-15(14(13)17)10-6-2-1-3-7-10/h1-9,13-17H;1-9,17H. The van der Waals surface area contributed by atoms with Gasteiger partial charge in [0.15, 0.2) is 11.9 Å². The molecule has 0 radical (unpaired) electrons. The van der Waals surface area contributed by atoms with Crippen LogP contribution in [0.4, 0.5) is 0 Å². The van der Waals surface area contributed by atoms with E-state index in [2.05, 4.69) is 0 Å². The summed E-state index contributed by atoms with van der Waals surface area (Å²) in [5.41, 5.74) is 2.24. The molecule has 36 heavy (non-hydrogen) atoms. The van der Waals surface area contributed by atoms with Gasteiger partial charge in [-0.05, 0) is 23.8 Å². The second kappa shape index (κ2) is 10.1. The fourth-order valence-corrected chi connectivity index (χ4v) is 4.21. The van der Waals surface area contributed by atoms with Crippen molar-refractivity contribution < 1.29 is 24.5 Å². The lowest BCUT2D eigenvalue weighted by Crippen LogP contribution is -2.34. The average Bonchev–Trinajstić information content (AvgIpc) is 2.94. The van der Waals surface area contributed by atoms with Gasteiger partial charge >= 0.3 is 0 Å². The van der Waals surface area contributed by atoms with Crippen LogP contribution in [-0.4, -0.2) is 21.4 Å². The zero-order valence-electron chi connectivity index (χ0n) is 19.2. The van der Waals surface area contributed by atoms with Gasteiger partial charge in [-0.3, -0.25) is 4.79 Å². The van der Waals surface area contributed by atoms with Gasteiger partial charge in [-0.15, -0.1) is 0 Å². The molecule has 0 fully saturated rings. The third kappa shape index (κ3) is 4.47. The van der Waals surface area contributed by atoms with Crippen molar-refractivity contribution in [1.82, 2.24) is 0 Å². The summed E-state index contributed by atoms with van der Waals surface area (Å²) >= 11 is 0. The Morgan fingerprint density at radius 3 is 2.06 bits per heavy atom. The molecule has 1 aromatic heterocycles. The second-order valence-corrected chi connectivity index (χ2v) is 8.39. The van der Waals surface area contributed by atoms with Gasteiger partial charge in [0.1, 0.15) is 23.5 Å². The molecule has 0 saturated heterocycles. The number of aliphatic hydroxyl groups is 2. The Morgan fingerprint density at radius 2 is 1.31 bits per heavy atom. The molecular formula is C30H24O6. The van der Waals surface area contributed by atoms with Crippen LogP contribution in [0.1, 0.15) is 23.3 Å². The minimum Gasteiger partial charge on any atom is -0.502 e. The molecule has 3 atom stereocenters. The van der Waals surface area contributed by atoms with Gasteiger partial charge in [-0.1, -0.05) is 91.0 Å². The highest BCUT2D eigenvalue weighted by Crippen LogP contribution is 2.40. The zero-order chi connectivity index (χ0) is 25.1. The highest BCUT2D eigenvalue weighted by molar-refractivity contribution is 5.81. The van der Waals surface area contributed by atoms with Crippen LogP contribution in [0, 0.1) is 0 Å². The van der Waals surface area contributed by atoms with Crippen LogP contribution >= 0.6 is 0 Å². The summed E-state index contributed by atoms with van der Waals surface area (Å²) in [7, 11) is 0. The van der Waals surface area contributed by atoms with Crippen molar-refractivity contribution in [3.05, 3.63) is 131 Å². The summed E-state index contributed by atoms with van der Waals surface area (Å²) in [5, 5.41) is 30.6. The van der Waals surface area contributed by atoms with Crippen LogP contribution in [0.3, 0.4) is 0 Å². The maximum Gasteiger partial charge on any atom is 0.235 e. The SMILES string of the molecule is O=c1c(O)c(-c2ccccc2)oc2ccccc12.OC1c2ccccc2OC(c2ccccc2)C1O. The quantitative estimate of drug-likeness (QED) is 0.314. The normalized spacial score (nSPS) is 18.4. The maximum atomic E-state index is 12.0. The summed E-state index contributed by atoms with van der Waals surface area (Å²) in [6.45, 7) is 0. The van der Waals surface area contributed by atoms with Crippen LogP contribution in [0.2, 0.25) is 0 Å². The summed E-state index contributed by atoms with van der Waals surface area (Å²) in [6, 6.07) is 32.6. The molecular weight excluding hydrogens is 456 g/mol. The first kappa shape index (κ1) is 23.4. The predicted molar refractivity (Wildman–Crippen MR) is 137 cm³/mol. The van der Waals surface area contributed by atoms with Crippen molar-refractivity contribution in [2.24, 2.45) is 0 Å². The molecule has 0 bridgehead atoms. The van der Waals surface area contributed by atoms with Crippen LogP contribution in [0.25, 0.3) is 22.3 Å². The molecule has 3 unspecified atom stereocenters. The summed E-state index contributed by atoms with van der Waals surface area (Å²) in [5.74, 6) is 0.489. The first-order valence-corrected chi connectivity index (χ1v) is 11.5. The number of aliphatic hydroxyl groups excluding tert-OH is 2. The molecule has 2 heterocycles. The van der Waals surface area contributed by atoms with Crippen molar-refractivity contribution in [3.63, 3.8) is 0 Å². The Labute approximate surface area is 207 Å². The average molecular weight is 481 g/mol. The van der Waals surface area contributed by atoms with Crippen molar-refractivity contribution in [2.75, 3.05) is 0 Å². The van der Waals surface area contributed by atoms with E-state index < -0.39 is 23.7 Å². The molecule has 6 heteroatoms. The maximum absolute atomic E-state index is 12.0. The predicted octanol–water partition coefficient (Wildman–Crippen LogP) is 5.38. The molecule has 4 aromatic carbocycles. The van der Waals surface area contributed by atoms with E-state index in [0.717, 1.165) is 5.56 Å². The lowest BCUT2D eigenvalue weighted by Gasteiger charge is -2.34. The van der Waals surface area contributed by atoms with Gasteiger partial charge in [0.05, 0.1) is 5.39 Å². The smallest absolute Gasteiger partial charge is 0.235 e. The number of ether oxygens (including phenoxy) is 1. The lowest BCUT2D eigenvalue weighted by molar-refractivity contribution is -0.0699. The third-order valence-corrected chi connectivity index (χ3v) is 6.06. The molecule has 1 aliphatic rings. The molecule has 6 nitrogen and oxygen atoms in total. The van der Waals surface area contributed by atoms with Gasteiger partial charge in [-0.25, -0.2) is 0 Å². The fourth-order valence-electron chi connectivity index (χ4n) is 4.21. The number of aromatic hydroxyl groups is 1. The molecule has 5 aromatic rings. The Morgan fingerprint density at radius 1 is 0.694 bits per heavy atom. The van der Waals surface area contributed by atoms with E-state index in [9.17, 15) is 20.1 Å². The van der Waals surface area contributed by atoms with Crippen LogP contribution < -0.4 is 10.2 Å². The van der Waals surface area contributed by atoms with Crippen molar-refractivity contribution in [2.45, 2.75) is 18.3 Å². The van der Waals surface area contributed by atoms with Crippen molar-refractivity contribution in [3.8, 4) is 22.8 Å². The molecule has 1 aliphatic heterocycles. The number of benzene rings is 4. The molecule has 0 amide bonds. The highest BCUT2D eigenvalue weighted by atomic mass is 16.5. The van der Waals surface area contributed by atoms with Gasteiger partial charge in [0.25, 0.3) is 0 Å². The van der Waals surface area contributed by atoms with E-state index in [1.807, 2.05) is 60.7 Å². The summed E-state index contributed by atoms with van der Waals surface area (Å²) < 4.78 is 11.4. The van der Waals surface area contributed by atoms with Crippen molar-refractivity contribution in [1.29, 1.82) is 0 Å². The van der Waals surface area contributed by atoms with E-state index >= 15 is 0 Å². The molecule has 180 valence electrons. The first-order valence-electron chi connectivity index (χ1n) is 11.5. The Kier molecular flexibility index (Phi) is 6.54. The molecule has 0 spiro atoms. The Bertz CT molecular complexity index is 1530. The van der Waals surface area contributed by atoms with Crippen LogP contribution in [0.15, 0.2) is 118 Å². The summed E-state index contributed by atoms with van der Waals surface area (Å²) in [6.07, 6.45) is -2.40. The molecule has 6 rings (SSSR count). The number of hydrogen-bond acceptors (Lipinski definition) is 6. The fraction of sp³-hybridized carbons (Fsp3) is 0.100. The van der Waals surface area contributed by atoms with E-state index in [4.69, 9.17) is 9.15 Å². The Hall–Kier alpha value is -4.39.